The number of amides is 1. The number of carbonyl (C=O) groups excluding carboxylic acids is 2. The number of primary amides is 1. The van der Waals surface area contributed by atoms with Crippen molar-refractivity contribution >= 4 is 23.2 Å². The summed E-state index contributed by atoms with van der Waals surface area (Å²) in [5, 5.41) is 0. The average molecular weight is 315 g/mol. The van der Waals surface area contributed by atoms with Crippen LogP contribution in [0.2, 0.25) is 0 Å². The maximum Gasteiger partial charge on any atom is 0.353 e. The number of aryl methyl sites for hydroxylation is 2. The van der Waals surface area contributed by atoms with Crippen LogP contribution < -0.4 is 10.5 Å². The lowest BCUT2D eigenvalue weighted by molar-refractivity contribution is 0.0738. The molecule has 4 nitrogen and oxygen atoms in total. The maximum atomic E-state index is 12.3. The van der Waals surface area contributed by atoms with E-state index >= 15 is 0 Å². The van der Waals surface area contributed by atoms with E-state index in [0.717, 1.165) is 12.8 Å². The minimum Gasteiger partial charge on any atom is -0.422 e. The summed E-state index contributed by atoms with van der Waals surface area (Å²) in [6, 6.07) is 8.31. The molecule has 1 aliphatic rings. The standard InChI is InChI=1S/C17H17NO3S/c18-16(19)12-6-4-7-13(9-12)21-17(20)15-10-11-5-2-1-3-8-14(11)22-15/h4,6-7,9-10H,1-3,5,8H2,(H2,18,19). The second-order valence-electron chi connectivity index (χ2n) is 5.40. The molecule has 1 aromatic carbocycles. The van der Waals surface area contributed by atoms with Gasteiger partial charge < -0.3 is 10.5 Å². The van der Waals surface area contributed by atoms with Crippen molar-refractivity contribution in [2.75, 3.05) is 0 Å². The molecule has 1 aliphatic carbocycles. The largest absolute Gasteiger partial charge is 0.422 e. The first kappa shape index (κ1) is 14.8. The van der Waals surface area contributed by atoms with Crippen molar-refractivity contribution in [1.82, 2.24) is 0 Å². The molecule has 0 radical (unpaired) electrons. The van der Waals surface area contributed by atoms with E-state index in [-0.39, 0.29) is 5.97 Å². The lowest BCUT2D eigenvalue weighted by Crippen LogP contribution is -2.12. The zero-order chi connectivity index (χ0) is 15.5. The number of ether oxygens (including phenoxy) is 1. The summed E-state index contributed by atoms with van der Waals surface area (Å²) < 4.78 is 5.36. The van der Waals surface area contributed by atoms with Gasteiger partial charge in [-0.15, -0.1) is 11.3 Å². The van der Waals surface area contributed by atoms with Gasteiger partial charge in [0, 0.05) is 10.4 Å². The molecule has 1 amide bonds. The monoisotopic (exact) mass is 315 g/mol. The molecule has 2 aromatic rings. The van der Waals surface area contributed by atoms with Crippen molar-refractivity contribution in [3.8, 4) is 5.75 Å². The van der Waals surface area contributed by atoms with Gasteiger partial charge in [0.1, 0.15) is 10.6 Å². The quantitative estimate of drug-likeness (QED) is 0.536. The van der Waals surface area contributed by atoms with E-state index in [0.29, 0.717) is 16.2 Å². The Labute approximate surface area is 132 Å². The highest BCUT2D eigenvalue weighted by molar-refractivity contribution is 7.14. The van der Waals surface area contributed by atoms with E-state index in [9.17, 15) is 9.59 Å². The molecule has 0 saturated carbocycles. The highest BCUT2D eigenvalue weighted by Crippen LogP contribution is 2.29. The molecule has 114 valence electrons. The predicted molar refractivity (Wildman–Crippen MR) is 85.5 cm³/mol. The Morgan fingerprint density at radius 3 is 2.73 bits per heavy atom. The molecular weight excluding hydrogens is 298 g/mol. The Bertz CT molecular complexity index is 697. The van der Waals surface area contributed by atoms with Gasteiger partial charge in [0.05, 0.1) is 0 Å². The van der Waals surface area contributed by atoms with Gasteiger partial charge in [0.2, 0.25) is 5.91 Å². The lowest BCUT2D eigenvalue weighted by Gasteiger charge is -2.03. The molecule has 0 spiro atoms. The third-order valence-corrected chi connectivity index (χ3v) is 4.99. The number of hydrogen-bond donors (Lipinski definition) is 1. The first-order valence-electron chi connectivity index (χ1n) is 7.37. The Hall–Kier alpha value is -2.14. The molecule has 0 aliphatic heterocycles. The van der Waals surface area contributed by atoms with Crippen LogP contribution in [0.4, 0.5) is 0 Å². The number of benzene rings is 1. The van der Waals surface area contributed by atoms with Gasteiger partial charge >= 0.3 is 5.97 Å². The van der Waals surface area contributed by atoms with Crippen LogP contribution in [-0.2, 0) is 12.8 Å². The molecule has 0 atom stereocenters. The van der Waals surface area contributed by atoms with Crippen LogP contribution in [-0.4, -0.2) is 11.9 Å². The average Bonchev–Trinajstić information content (AvgIpc) is 2.79. The zero-order valence-electron chi connectivity index (χ0n) is 12.1. The molecule has 3 rings (SSSR count). The maximum absolute atomic E-state index is 12.3. The first-order valence-corrected chi connectivity index (χ1v) is 8.19. The minimum absolute atomic E-state index is 0.326. The molecule has 1 heterocycles. The topological polar surface area (TPSA) is 69.4 Å². The number of esters is 1. The fourth-order valence-electron chi connectivity index (χ4n) is 2.64. The second-order valence-corrected chi connectivity index (χ2v) is 6.54. The highest BCUT2D eigenvalue weighted by Gasteiger charge is 2.18. The summed E-state index contributed by atoms with van der Waals surface area (Å²) in [6.45, 7) is 0. The fraction of sp³-hybridized carbons (Fsp3) is 0.294. The van der Waals surface area contributed by atoms with Crippen molar-refractivity contribution in [3.05, 3.63) is 51.2 Å². The van der Waals surface area contributed by atoms with Crippen LogP contribution in [0, 0.1) is 0 Å². The molecule has 2 N–H and O–H groups in total. The van der Waals surface area contributed by atoms with E-state index < -0.39 is 5.91 Å². The van der Waals surface area contributed by atoms with E-state index in [4.69, 9.17) is 10.5 Å². The second kappa shape index (κ2) is 6.32. The van der Waals surface area contributed by atoms with Gasteiger partial charge in [0.15, 0.2) is 0 Å². The van der Waals surface area contributed by atoms with Crippen LogP contribution in [0.5, 0.6) is 5.75 Å². The van der Waals surface area contributed by atoms with Crippen molar-refractivity contribution in [2.45, 2.75) is 32.1 Å². The number of rotatable bonds is 3. The zero-order valence-corrected chi connectivity index (χ0v) is 12.9. The van der Waals surface area contributed by atoms with Gasteiger partial charge in [0.25, 0.3) is 0 Å². The van der Waals surface area contributed by atoms with Gasteiger partial charge in [-0.1, -0.05) is 12.5 Å². The SMILES string of the molecule is NC(=O)c1cccc(OC(=O)c2cc3c(s2)CCCCC3)c1. The first-order chi connectivity index (χ1) is 10.6. The van der Waals surface area contributed by atoms with Crippen LogP contribution in [0.1, 0.15) is 49.7 Å². The number of nitrogens with two attached hydrogens (primary N) is 1. The molecule has 5 heteroatoms. The van der Waals surface area contributed by atoms with Crippen LogP contribution in [0.25, 0.3) is 0 Å². The number of hydrogen-bond acceptors (Lipinski definition) is 4. The Morgan fingerprint density at radius 2 is 1.91 bits per heavy atom. The molecular formula is C17H17NO3S. The summed E-state index contributed by atoms with van der Waals surface area (Å²) >= 11 is 1.52. The summed E-state index contributed by atoms with van der Waals surface area (Å²) in [7, 11) is 0. The molecule has 0 saturated heterocycles. The molecule has 1 aromatic heterocycles. The Morgan fingerprint density at radius 1 is 1.09 bits per heavy atom. The Balaban J connectivity index is 1.77. The number of fused-ring (bicyclic) bond motifs is 1. The molecule has 0 fully saturated rings. The van der Waals surface area contributed by atoms with Crippen LogP contribution in [0.15, 0.2) is 30.3 Å². The number of thiophene rings is 1. The van der Waals surface area contributed by atoms with Gasteiger partial charge in [-0.25, -0.2) is 4.79 Å². The third-order valence-electron chi connectivity index (χ3n) is 3.78. The van der Waals surface area contributed by atoms with Gasteiger partial charge in [-0.2, -0.15) is 0 Å². The number of carbonyl (C=O) groups is 2. The van der Waals surface area contributed by atoms with Crippen LogP contribution in [0.3, 0.4) is 0 Å². The summed E-state index contributed by atoms with van der Waals surface area (Å²) in [4.78, 5) is 25.4. The van der Waals surface area contributed by atoms with E-state index in [1.54, 1.807) is 18.2 Å². The molecule has 0 bridgehead atoms. The summed E-state index contributed by atoms with van der Waals surface area (Å²) in [5.74, 6) is -0.578. The van der Waals surface area contributed by atoms with E-state index in [1.165, 1.54) is 47.1 Å². The Kier molecular flexibility index (Phi) is 4.24. The van der Waals surface area contributed by atoms with Crippen LogP contribution >= 0.6 is 11.3 Å². The van der Waals surface area contributed by atoms with E-state index in [2.05, 4.69) is 0 Å². The van der Waals surface area contributed by atoms with Crippen molar-refractivity contribution in [3.63, 3.8) is 0 Å². The van der Waals surface area contributed by atoms with Crippen molar-refractivity contribution in [1.29, 1.82) is 0 Å². The predicted octanol–water partition coefficient (Wildman–Crippen LogP) is 3.34. The molecule has 22 heavy (non-hydrogen) atoms. The summed E-state index contributed by atoms with van der Waals surface area (Å²) in [5.41, 5.74) is 6.83. The lowest BCUT2D eigenvalue weighted by atomic mass is 10.1. The van der Waals surface area contributed by atoms with Crippen molar-refractivity contribution in [2.24, 2.45) is 5.73 Å². The van der Waals surface area contributed by atoms with Crippen molar-refractivity contribution < 1.29 is 14.3 Å². The van der Waals surface area contributed by atoms with Gasteiger partial charge in [-0.3, -0.25) is 4.79 Å². The third kappa shape index (κ3) is 3.20. The molecule has 0 unspecified atom stereocenters. The highest BCUT2D eigenvalue weighted by atomic mass is 32.1. The van der Waals surface area contributed by atoms with Gasteiger partial charge in [-0.05, 0) is 55.5 Å². The van der Waals surface area contributed by atoms with E-state index in [1.807, 2.05) is 6.07 Å². The minimum atomic E-state index is -0.541. The summed E-state index contributed by atoms with van der Waals surface area (Å²) in [6.07, 6.45) is 5.70. The fourth-order valence-corrected chi connectivity index (χ4v) is 3.77. The smallest absolute Gasteiger partial charge is 0.353 e. The normalized spacial score (nSPS) is 14.0.